The van der Waals surface area contributed by atoms with Gasteiger partial charge >= 0.3 is 13.5 Å². The van der Waals surface area contributed by atoms with Crippen LogP contribution in [-0.2, 0) is 15.7 Å². The zero-order valence-corrected chi connectivity index (χ0v) is 10.7. The molecule has 0 aromatic heterocycles. The number of rotatable bonds is 5. The Morgan fingerprint density at radius 2 is 1.69 bits per heavy atom. The molecule has 0 radical (unpaired) electrons. The van der Waals surface area contributed by atoms with Crippen LogP contribution in [-0.4, -0.2) is 14.7 Å². The molecule has 1 rings (SSSR count). The minimum absolute atomic E-state index is 0.0710. The summed E-state index contributed by atoms with van der Waals surface area (Å²) >= 11 is -0.255. The van der Waals surface area contributed by atoms with Crippen molar-refractivity contribution in [3.8, 4) is 0 Å². The third-order valence-corrected chi connectivity index (χ3v) is 8.13. The summed E-state index contributed by atoms with van der Waals surface area (Å²) in [5.41, 5.74) is 0.753. The minimum Gasteiger partial charge on any atom is -0.325 e. The number of hydrogen-bond acceptors (Lipinski definition) is 3. The van der Waals surface area contributed by atoms with Crippen LogP contribution in [0.5, 0.6) is 0 Å². The van der Waals surface area contributed by atoms with Crippen molar-refractivity contribution < 1.29 is 23.8 Å². The Hall–Kier alpha value is -0.130. The van der Waals surface area contributed by atoms with Crippen LogP contribution in [0.15, 0.2) is 30.3 Å². The van der Waals surface area contributed by atoms with Gasteiger partial charge in [-0.1, -0.05) is 30.3 Å². The van der Waals surface area contributed by atoms with Crippen LogP contribution in [0.4, 0.5) is 0 Å². The molecular weight excluding hydrogens is 272 g/mol. The van der Waals surface area contributed by atoms with E-state index in [0.29, 0.717) is 0 Å². The molecule has 1 atom stereocenters. The maximum Gasteiger partial charge on any atom is 0.394 e. The molecule has 0 aliphatic heterocycles. The first-order valence-corrected chi connectivity index (χ1v) is 9.47. The normalized spacial score (nSPS) is 15.7. The Bertz CT molecular complexity index is 434. The van der Waals surface area contributed by atoms with Gasteiger partial charge in [-0.15, -0.1) is 0 Å². The number of hydrogen-bond donors (Lipinski definition) is 4. The highest BCUT2D eigenvalue weighted by atomic mass is 33.1. The molecule has 1 aromatic rings. The largest absolute Gasteiger partial charge is 0.394 e. The zero-order chi connectivity index (χ0) is 12.2. The van der Waals surface area contributed by atoms with E-state index in [1.54, 1.807) is 30.3 Å². The smallest absolute Gasteiger partial charge is 0.325 e. The maximum absolute atomic E-state index is 11.3. The third-order valence-electron chi connectivity index (χ3n) is 1.54. The van der Waals surface area contributed by atoms with Gasteiger partial charge < -0.3 is 14.7 Å². The molecule has 0 saturated carbocycles. The monoisotopic (exact) mass is 283 g/mol. The maximum atomic E-state index is 11.3. The second-order valence-electron chi connectivity index (χ2n) is 2.91. The Labute approximate surface area is 96.2 Å². The first kappa shape index (κ1) is 13.9. The molecule has 0 heterocycles. The summed E-state index contributed by atoms with van der Waals surface area (Å²) in [5, 5.41) is 2.21. The Balaban J connectivity index is 2.55. The first-order valence-electron chi connectivity index (χ1n) is 4.17. The van der Waals surface area contributed by atoms with Crippen molar-refractivity contribution in [3.05, 3.63) is 35.9 Å². The highest BCUT2D eigenvalue weighted by Crippen LogP contribution is 2.70. The van der Waals surface area contributed by atoms with E-state index in [1.807, 2.05) is 0 Å². The van der Waals surface area contributed by atoms with Gasteiger partial charge in [-0.3, -0.25) is 4.57 Å². The summed E-state index contributed by atoms with van der Waals surface area (Å²) in [4.78, 5) is 26.3. The molecule has 0 aliphatic carbocycles. The van der Waals surface area contributed by atoms with Crippen molar-refractivity contribution in [1.29, 1.82) is 0 Å². The summed E-state index contributed by atoms with van der Waals surface area (Å²) in [5.74, 6) is 0. The highest BCUT2D eigenvalue weighted by molar-refractivity contribution is 8.84. The molecule has 0 spiro atoms. The minimum atomic E-state index is -4.57. The van der Waals surface area contributed by atoms with Gasteiger partial charge in [-0.2, -0.15) is 0 Å². The lowest BCUT2D eigenvalue weighted by Crippen LogP contribution is -2.07. The van der Waals surface area contributed by atoms with Crippen molar-refractivity contribution in [3.63, 3.8) is 0 Å². The van der Waals surface area contributed by atoms with E-state index in [9.17, 15) is 14.0 Å². The van der Waals surface area contributed by atoms with Crippen LogP contribution < -0.4 is 5.09 Å². The van der Waals surface area contributed by atoms with E-state index >= 15 is 0 Å². The lowest BCUT2D eigenvalue weighted by Gasteiger charge is -2.12. The van der Waals surface area contributed by atoms with Crippen molar-refractivity contribution >= 4 is 24.5 Å². The van der Waals surface area contributed by atoms with E-state index in [4.69, 9.17) is 9.79 Å². The molecule has 0 bridgehead atoms. The Morgan fingerprint density at radius 1 is 1.12 bits per heavy atom. The van der Waals surface area contributed by atoms with E-state index < -0.39 is 13.5 Å². The van der Waals surface area contributed by atoms with Crippen molar-refractivity contribution in [2.75, 3.05) is 0 Å². The van der Waals surface area contributed by atoms with Gasteiger partial charge in [0.15, 0.2) is 0 Å². The van der Waals surface area contributed by atoms with E-state index in [-0.39, 0.29) is 17.5 Å². The van der Waals surface area contributed by atoms with Gasteiger partial charge in [0.1, 0.15) is 0 Å². The summed E-state index contributed by atoms with van der Waals surface area (Å²) in [6.07, 6.45) is 0. The summed E-state index contributed by atoms with van der Waals surface area (Å²) in [6.45, 7) is -8.57. The molecule has 0 aliphatic rings. The zero-order valence-electron chi connectivity index (χ0n) is 8.05. The fourth-order valence-electron chi connectivity index (χ4n) is 0.960. The Morgan fingerprint density at radius 3 is 2.19 bits per heavy atom. The molecule has 9 heteroatoms. The number of benzene rings is 1. The molecule has 0 fully saturated rings. The lowest BCUT2D eigenvalue weighted by molar-refractivity contribution is 0.397. The van der Waals surface area contributed by atoms with Crippen LogP contribution in [0, 0.1) is 0 Å². The number of nitrogens with one attached hydrogen (secondary N) is 1. The molecule has 90 valence electrons. The van der Waals surface area contributed by atoms with Crippen molar-refractivity contribution in [1.82, 2.24) is 5.09 Å². The second-order valence-corrected chi connectivity index (χ2v) is 10.3. The average Bonchev–Trinajstić information content (AvgIpc) is 2.13. The highest BCUT2D eigenvalue weighted by Gasteiger charge is 2.30. The molecule has 16 heavy (non-hydrogen) atoms. The van der Waals surface area contributed by atoms with Crippen LogP contribution in [0.25, 0.3) is 0 Å². The van der Waals surface area contributed by atoms with Gasteiger partial charge in [-0.05, 0) is 5.56 Å². The van der Waals surface area contributed by atoms with Crippen LogP contribution in [0.2, 0.25) is 0 Å². The van der Waals surface area contributed by atoms with Gasteiger partial charge in [0.05, 0.1) is 11.0 Å². The van der Waals surface area contributed by atoms with E-state index in [1.165, 1.54) is 0 Å². The molecule has 0 amide bonds. The lowest BCUT2D eigenvalue weighted by atomic mass is 10.2. The van der Waals surface area contributed by atoms with E-state index in [0.717, 1.165) is 5.56 Å². The standard InChI is InChI=1S/C7H11NO5P2S/c9-14(10,16-15(11,12)13)8-6-7-4-2-1-3-5-7/h1-5H,6H2,(H2,8,9,10)(H2,11,12,13). The molecule has 0 saturated heterocycles. The first-order chi connectivity index (χ1) is 7.29. The second kappa shape index (κ2) is 5.47. The molecular formula is C7H11NO5P2S. The molecule has 1 aromatic carbocycles. The predicted molar refractivity (Wildman–Crippen MR) is 62.7 cm³/mol. The summed E-state index contributed by atoms with van der Waals surface area (Å²) in [6, 6.07) is 8.78. The summed E-state index contributed by atoms with van der Waals surface area (Å²) < 4.78 is 21.9. The van der Waals surface area contributed by atoms with Gasteiger partial charge in [-0.25, -0.2) is 9.65 Å². The fraction of sp³-hybridized carbons (Fsp3) is 0.143. The Kier molecular flexibility index (Phi) is 4.76. The van der Waals surface area contributed by atoms with Crippen LogP contribution in [0.3, 0.4) is 0 Å². The van der Waals surface area contributed by atoms with Crippen molar-refractivity contribution in [2.24, 2.45) is 0 Å². The average molecular weight is 283 g/mol. The van der Waals surface area contributed by atoms with Crippen LogP contribution in [0.1, 0.15) is 5.56 Å². The SMILES string of the molecule is O=P(O)(O)SP(=O)(O)NCc1ccccc1. The van der Waals surface area contributed by atoms with Crippen LogP contribution >= 0.6 is 24.5 Å². The quantitative estimate of drug-likeness (QED) is 0.609. The van der Waals surface area contributed by atoms with Crippen molar-refractivity contribution in [2.45, 2.75) is 6.54 Å². The topological polar surface area (TPSA) is 107 Å². The molecule has 1 unspecified atom stereocenters. The third kappa shape index (κ3) is 5.82. The predicted octanol–water partition coefficient (Wildman–Crippen LogP) is 1.70. The van der Waals surface area contributed by atoms with E-state index in [2.05, 4.69) is 5.09 Å². The van der Waals surface area contributed by atoms with Gasteiger partial charge in [0.2, 0.25) is 0 Å². The summed E-state index contributed by atoms with van der Waals surface area (Å²) in [7, 11) is 0. The van der Waals surface area contributed by atoms with Gasteiger partial charge in [0.25, 0.3) is 0 Å². The molecule has 6 nitrogen and oxygen atoms in total. The van der Waals surface area contributed by atoms with Gasteiger partial charge in [0, 0.05) is 6.54 Å². The molecule has 4 N–H and O–H groups in total. The fourth-order valence-corrected chi connectivity index (χ4v) is 6.04.